The molecule has 0 N–H and O–H groups in total. The second kappa shape index (κ2) is 18.3. The van der Waals surface area contributed by atoms with Crippen LogP contribution in [0.25, 0.3) is 0 Å². The van der Waals surface area contributed by atoms with E-state index < -0.39 is 20.8 Å². The van der Waals surface area contributed by atoms with Gasteiger partial charge in [-0.15, -0.1) is 6.42 Å². The third kappa shape index (κ3) is 20.7. The van der Waals surface area contributed by atoms with E-state index in [1.807, 2.05) is 0 Å². The Labute approximate surface area is 206 Å². The van der Waals surface area contributed by atoms with Crippen molar-refractivity contribution < 1.29 is 30.3 Å². The maximum absolute atomic E-state index is 5.79. The monoisotopic (exact) mass is 537 g/mol. The second-order valence-electron chi connectivity index (χ2n) is 9.91. The van der Waals surface area contributed by atoms with Gasteiger partial charge in [0, 0.05) is 13.2 Å². The first-order valence-corrected chi connectivity index (χ1v) is 18.0. The molecule has 0 aliphatic heterocycles. The van der Waals surface area contributed by atoms with Crippen LogP contribution in [0, 0.1) is 6.08 Å². The molecule has 2 nitrogen and oxygen atoms in total. The van der Waals surface area contributed by atoms with Gasteiger partial charge in [-0.25, -0.2) is 5.57 Å². The fourth-order valence-electron chi connectivity index (χ4n) is 3.32. The molecule has 176 valence electrons. The Bertz CT molecular complexity index is 435. The number of halogens is 2. The second-order valence-corrected chi connectivity index (χ2v) is 13.6. The molecule has 0 amide bonds. The van der Waals surface area contributed by atoms with Crippen molar-refractivity contribution >= 4 is 17.0 Å². The van der Waals surface area contributed by atoms with Gasteiger partial charge in [0.05, 0.1) is 11.2 Å². The van der Waals surface area contributed by atoms with Crippen LogP contribution in [0.1, 0.15) is 112 Å². The van der Waals surface area contributed by atoms with Crippen LogP contribution in [0.5, 0.6) is 0 Å². The third-order valence-corrected chi connectivity index (χ3v) is 4.78. The van der Waals surface area contributed by atoms with E-state index in [2.05, 4.69) is 53.7 Å². The SMILES string of the molecule is CC(C)(C)OCCCCCCC1=[C-]CC=C1CCCCCCOC(C)(C)C.[Cl][Zr][Cl]. The third-order valence-electron chi connectivity index (χ3n) is 4.78. The molecule has 0 unspecified atom stereocenters. The Morgan fingerprint density at radius 3 is 1.67 bits per heavy atom. The molecule has 0 saturated carbocycles. The van der Waals surface area contributed by atoms with Crippen LogP contribution in [0.2, 0.25) is 0 Å². The minimum absolute atomic E-state index is 0.00291. The zero-order valence-electron chi connectivity index (χ0n) is 20.3. The van der Waals surface area contributed by atoms with Crippen LogP contribution < -0.4 is 0 Å². The van der Waals surface area contributed by atoms with E-state index in [0.717, 1.165) is 19.6 Å². The van der Waals surface area contributed by atoms with Gasteiger partial charge in [0.2, 0.25) is 0 Å². The molecule has 30 heavy (non-hydrogen) atoms. The molecule has 0 radical (unpaired) electrons. The number of unbranched alkanes of at least 4 members (excludes halogenated alkanes) is 6. The van der Waals surface area contributed by atoms with Crippen LogP contribution in [0.4, 0.5) is 0 Å². The van der Waals surface area contributed by atoms with Crippen molar-refractivity contribution in [1.29, 1.82) is 0 Å². The Balaban J connectivity index is 0.00000263. The van der Waals surface area contributed by atoms with E-state index in [0.29, 0.717) is 0 Å². The summed E-state index contributed by atoms with van der Waals surface area (Å²) in [5, 5.41) is 0. The van der Waals surface area contributed by atoms with Crippen molar-refractivity contribution in [2.24, 2.45) is 0 Å². The van der Waals surface area contributed by atoms with Crippen LogP contribution >= 0.6 is 17.0 Å². The Morgan fingerprint density at radius 2 is 1.20 bits per heavy atom. The van der Waals surface area contributed by atoms with Gasteiger partial charge in [0.25, 0.3) is 0 Å². The molecule has 0 bridgehead atoms. The molecule has 0 fully saturated rings. The van der Waals surface area contributed by atoms with Crippen molar-refractivity contribution in [2.75, 3.05) is 13.2 Å². The number of hydrogen-bond acceptors (Lipinski definition) is 2. The molecular weight excluding hydrogens is 494 g/mol. The molecule has 0 spiro atoms. The molecular formula is C25H45Cl2O2Zr-. The van der Waals surface area contributed by atoms with Gasteiger partial charge in [-0.05, 0) is 54.4 Å². The molecule has 0 atom stereocenters. The Kier molecular flexibility index (Phi) is 18.8. The number of ether oxygens (including phenoxy) is 2. The van der Waals surface area contributed by atoms with E-state index in [9.17, 15) is 0 Å². The van der Waals surface area contributed by atoms with Gasteiger partial charge in [0.15, 0.2) is 0 Å². The number of rotatable bonds is 14. The van der Waals surface area contributed by atoms with Crippen molar-refractivity contribution in [3.8, 4) is 0 Å². The predicted molar refractivity (Wildman–Crippen MR) is 129 cm³/mol. The molecule has 0 aromatic heterocycles. The summed E-state index contributed by atoms with van der Waals surface area (Å²) in [5.41, 5.74) is 3.10. The van der Waals surface area contributed by atoms with Crippen molar-refractivity contribution in [2.45, 2.75) is 123 Å². The van der Waals surface area contributed by atoms with Gasteiger partial charge < -0.3 is 9.47 Å². The van der Waals surface area contributed by atoms with Crippen LogP contribution in [0.15, 0.2) is 17.2 Å². The molecule has 0 aromatic rings. The summed E-state index contributed by atoms with van der Waals surface area (Å²) in [6.07, 6.45) is 19.6. The molecule has 5 heteroatoms. The van der Waals surface area contributed by atoms with Crippen LogP contribution in [-0.4, -0.2) is 24.4 Å². The fraction of sp³-hybridized carbons (Fsp3) is 0.840. The number of hydrogen-bond donors (Lipinski definition) is 0. The first-order valence-electron chi connectivity index (χ1n) is 11.6. The molecule has 1 aliphatic rings. The minimum atomic E-state index is -0.826. The summed E-state index contributed by atoms with van der Waals surface area (Å²) in [5.74, 6) is 0. The van der Waals surface area contributed by atoms with E-state index in [-0.39, 0.29) is 11.2 Å². The van der Waals surface area contributed by atoms with Crippen LogP contribution in [-0.2, 0) is 30.3 Å². The average Bonchev–Trinajstić information content (AvgIpc) is 3.06. The van der Waals surface area contributed by atoms with E-state index in [1.165, 1.54) is 69.8 Å². The maximum atomic E-state index is 5.79. The quantitative estimate of drug-likeness (QED) is 0.162. The Morgan fingerprint density at radius 1 is 0.767 bits per heavy atom. The first-order chi connectivity index (χ1) is 14.1. The molecule has 1 aliphatic carbocycles. The summed E-state index contributed by atoms with van der Waals surface area (Å²) in [6, 6.07) is 0. The number of allylic oxidation sites excluding steroid dienone is 4. The standard InChI is InChI=1S/C25H45O2.2ClH.Zr/c1-24(2,3)26-20-13-9-7-11-16-22-18-15-19-23(22)17-12-8-10-14-21-27-25(4,5)6;;;/h18H,7-17,20-21H2,1-6H3;2*1H;/q-1;;;+2/p-2. The predicted octanol–water partition coefficient (Wildman–Crippen LogP) is 8.95. The van der Waals surface area contributed by atoms with Gasteiger partial charge >= 0.3 is 37.9 Å². The van der Waals surface area contributed by atoms with Gasteiger partial charge in [-0.3, -0.25) is 6.08 Å². The molecule has 0 saturated heterocycles. The van der Waals surface area contributed by atoms with E-state index >= 15 is 0 Å². The zero-order valence-corrected chi connectivity index (χ0v) is 24.3. The van der Waals surface area contributed by atoms with E-state index in [1.54, 1.807) is 5.57 Å². The van der Waals surface area contributed by atoms with E-state index in [4.69, 9.17) is 26.5 Å². The topological polar surface area (TPSA) is 18.5 Å². The van der Waals surface area contributed by atoms with Crippen LogP contribution in [0.3, 0.4) is 0 Å². The summed E-state index contributed by atoms with van der Waals surface area (Å²) in [7, 11) is 9.87. The van der Waals surface area contributed by atoms with Crippen molar-refractivity contribution in [3.63, 3.8) is 0 Å². The van der Waals surface area contributed by atoms with Crippen molar-refractivity contribution in [1.82, 2.24) is 0 Å². The fourth-order valence-corrected chi connectivity index (χ4v) is 3.32. The zero-order chi connectivity index (χ0) is 22.9. The van der Waals surface area contributed by atoms with Gasteiger partial charge in [-0.1, -0.05) is 51.4 Å². The molecule has 0 aromatic carbocycles. The normalized spacial score (nSPS) is 14.1. The van der Waals surface area contributed by atoms with Gasteiger partial charge in [-0.2, -0.15) is 11.6 Å². The molecule has 0 heterocycles. The average molecular weight is 540 g/mol. The summed E-state index contributed by atoms with van der Waals surface area (Å²) in [4.78, 5) is 0. The summed E-state index contributed by atoms with van der Waals surface area (Å²) >= 11 is -0.826. The summed E-state index contributed by atoms with van der Waals surface area (Å²) < 4.78 is 11.6. The Hall–Kier alpha value is 0.863. The van der Waals surface area contributed by atoms with Crippen molar-refractivity contribution in [3.05, 3.63) is 23.3 Å². The molecule has 1 rings (SSSR count). The van der Waals surface area contributed by atoms with Gasteiger partial charge in [0.1, 0.15) is 0 Å². The first kappa shape index (κ1) is 30.9. The summed E-state index contributed by atoms with van der Waals surface area (Å²) in [6.45, 7) is 14.6.